The van der Waals surface area contributed by atoms with E-state index in [4.69, 9.17) is 5.73 Å². The minimum Gasteiger partial charge on any atom is -0.369 e. The second kappa shape index (κ2) is 8.27. The second-order valence-corrected chi connectivity index (χ2v) is 8.90. The summed E-state index contributed by atoms with van der Waals surface area (Å²) in [4.78, 5) is 30.9. The number of halogens is 3. The van der Waals surface area contributed by atoms with Crippen LogP contribution in [-0.4, -0.2) is 30.6 Å². The molecule has 2 N–H and O–H groups in total. The smallest absolute Gasteiger partial charge is 0.369 e. The van der Waals surface area contributed by atoms with E-state index in [0.29, 0.717) is 57.0 Å². The third-order valence-corrected chi connectivity index (χ3v) is 6.64. The van der Waals surface area contributed by atoms with Crippen LogP contribution in [-0.2, 0) is 30.2 Å². The molecule has 1 aromatic carbocycles. The monoisotopic (exact) mass is 500 g/mol. The van der Waals surface area contributed by atoms with Crippen LogP contribution >= 0.6 is 11.3 Å². The Morgan fingerprint density at radius 2 is 2.06 bits per heavy atom. The minimum absolute atomic E-state index is 0.0953. The van der Waals surface area contributed by atoms with E-state index in [2.05, 4.69) is 15.1 Å². The van der Waals surface area contributed by atoms with Crippen molar-refractivity contribution in [1.82, 2.24) is 19.7 Å². The van der Waals surface area contributed by atoms with E-state index < -0.39 is 28.3 Å². The molecule has 0 saturated heterocycles. The van der Waals surface area contributed by atoms with Crippen LogP contribution in [0.4, 0.5) is 18.9 Å². The number of aryl methyl sites for hydroxylation is 1. The first kappa shape index (κ1) is 22.7. The van der Waals surface area contributed by atoms with E-state index in [1.54, 1.807) is 24.5 Å². The molecule has 0 bridgehead atoms. The number of carbonyl (C=O) groups excluding carboxylic acids is 1. The third kappa shape index (κ3) is 4.03. The van der Waals surface area contributed by atoms with Crippen molar-refractivity contribution in [3.8, 4) is 27.5 Å². The van der Waals surface area contributed by atoms with Gasteiger partial charge in [-0.05, 0) is 31.0 Å². The quantitative estimate of drug-likeness (QED) is 0.324. The number of hydrogen-bond donors (Lipinski definition) is 1. The Hall–Kier alpha value is -4.13. The van der Waals surface area contributed by atoms with Crippen molar-refractivity contribution in [3.63, 3.8) is 0 Å². The fourth-order valence-corrected chi connectivity index (χ4v) is 5.28. The van der Waals surface area contributed by atoms with Gasteiger partial charge in [0.15, 0.2) is 0 Å². The van der Waals surface area contributed by atoms with Crippen LogP contribution in [0, 0.1) is 10.1 Å². The standard InChI is InChI=1S/C22H15F3N6O3S/c23-22(24,25)14-8-12(31(33)34)3-6-16(14)30-20-13(19(29-30)11-2-1-7-27-10-11)4-5-15-21(20)35-18(28-15)9-17(26)32/h1-3,6-8,10H,4-5,9H2,(H2,26,32). The van der Waals surface area contributed by atoms with Crippen molar-refractivity contribution in [2.75, 3.05) is 0 Å². The minimum atomic E-state index is -4.88. The highest BCUT2D eigenvalue weighted by Crippen LogP contribution is 2.45. The van der Waals surface area contributed by atoms with Gasteiger partial charge in [0, 0.05) is 35.7 Å². The molecule has 4 aromatic rings. The van der Waals surface area contributed by atoms with Crippen molar-refractivity contribution in [1.29, 1.82) is 0 Å². The van der Waals surface area contributed by atoms with Crippen LogP contribution in [0.15, 0.2) is 42.7 Å². The first-order valence-electron chi connectivity index (χ1n) is 10.3. The molecule has 0 radical (unpaired) electrons. The summed E-state index contributed by atoms with van der Waals surface area (Å²) in [6.07, 6.45) is -0.890. The number of amides is 1. The summed E-state index contributed by atoms with van der Waals surface area (Å²) in [6.45, 7) is 0. The number of carbonyl (C=O) groups is 1. The highest BCUT2D eigenvalue weighted by atomic mass is 32.1. The molecule has 0 aliphatic heterocycles. The largest absolute Gasteiger partial charge is 0.418 e. The lowest BCUT2D eigenvalue weighted by atomic mass is 9.95. The molecule has 35 heavy (non-hydrogen) atoms. The maximum Gasteiger partial charge on any atom is 0.418 e. The van der Waals surface area contributed by atoms with Gasteiger partial charge in [-0.1, -0.05) is 0 Å². The van der Waals surface area contributed by atoms with Gasteiger partial charge in [-0.25, -0.2) is 9.67 Å². The average molecular weight is 500 g/mol. The maximum atomic E-state index is 14.0. The number of nitro groups is 1. The number of non-ortho nitro benzene ring substituents is 1. The van der Waals surface area contributed by atoms with Crippen molar-refractivity contribution in [2.45, 2.75) is 25.4 Å². The molecule has 1 aliphatic rings. The van der Waals surface area contributed by atoms with Gasteiger partial charge in [0.1, 0.15) is 5.01 Å². The molecule has 0 unspecified atom stereocenters. The maximum absolute atomic E-state index is 14.0. The number of nitro benzene ring substituents is 1. The predicted molar refractivity (Wildman–Crippen MR) is 120 cm³/mol. The van der Waals surface area contributed by atoms with Gasteiger partial charge in [0.2, 0.25) is 5.91 Å². The number of thiazole rings is 1. The normalized spacial score (nSPS) is 12.8. The number of pyridine rings is 1. The van der Waals surface area contributed by atoms with E-state index in [1.807, 2.05) is 0 Å². The Morgan fingerprint density at radius 1 is 1.26 bits per heavy atom. The summed E-state index contributed by atoms with van der Waals surface area (Å²) in [5, 5.41) is 16.2. The zero-order valence-electron chi connectivity index (χ0n) is 17.7. The molecule has 178 valence electrons. The number of hydrogen-bond acceptors (Lipinski definition) is 7. The molecule has 0 spiro atoms. The SMILES string of the molecule is NC(=O)Cc1nc2c(s1)-c1c(c(-c3cccnc3)nn1-c1ccc([N+](=O)[O-])cc1C(F)(F)F)CC2. The third-order valence-electron chi connectivity index (χ3n) is 5.54. The zero-order chi connectivity index (χ0) is 24.9. The Balaban J connectivity index is 1.80. The van der Waals surface area contributed by atoms with E-state index in [9.17, 15) is 28.1 Å². The lowest BCUT2D eigenvalue weighted by molar-refractivity contribution is -0.385. The predicted octanol–water partition coefficient (Wildman–Crippen LogP) is 4.11. The van der Waals surface area contributed by atoms with E-state index >= 15 is 0 Å². The van der Waals surface area contributed by atoms with E-state index in [1.165, 1.54) is 11.3 Å². The highest BCUT2D eigenvalue weighted by molar-refractivity contribution is 7.15. The zero-order valence-corrected chi connectivity index (χ0v) is 18.6. The molecular formula is C22H15F3N6O3S. The first-order chi connectivity index (χ1) is 16.6. The molecule has 9 nitrogen and oxygen atoms in total. The number of alkyl halides is 3. The van der Waals surface area contributed by atoms with E-state index in [-0.39, 0.29) is 12.1 Å². The Kier molecular flexibility index (Phi) is 5.35. The summed E-state index contributed by atoms with van der Waals surface area (Å²) >= 11 is 1.17. The Morgan fingerprint density at radius 3 is 2.71 bits per heavy atom. The van der Waals surface area contributed by atoms with Crippen LogP contribution in [0.25, 0.3) is 27.5 Å². The number of aromatic nitrogens is 4. The van der Waals surface area contributed by atoms with Crippen molar-refractivity contribution >= 4 is 22.9 Å². The van der Waals surface area contributed by atoms with Gasteiger partial charge in [-0.3, -0.25) is 19.9 Å². The fraction of sp³-hybridized carbons (Fsp3) is 0.182. The number of rotatable bonds is 5. The second-order valence-electron chi connectivity index (χ2n) is 7.81. The average Bonchev–Trinajstić information content (AvgIpc) is 3.39. The van der Waals surface area contributed by atoms with Gasteiger partial charge in [-0.15, -0.1) is 11.3 Å². The molecule has 0 fully saturated rings. The molecule has 5 rings (SSSR count). The van der Waals surface area contributed by atoms with Gasteiger partial charge >= 0.3 is 6.18 Å². The van der Waals surface area contributed by atoms with Gasteiger partial charge in [0.25, 0.3) is 5.69 Å². The topological polar surface area (TPSA) is 130 Å². The molecular weight excluding hydrogens is 485 g/mol. The number of nitrogens with two attached hydrogens (primary N) is 1. The van der Waals surface area contributed by atoms with Crippen molar-refractivity contribution in [2.24, 2.45) is 5.73 Å². The fourth-order valence-electron chi connectivity index (χ4n) is 4.10. The highest BCUT2D eigenvalue weighted by Gasteiger charge is 2.38. The van der Waals surface area contributed by atoms with Gasteiger partial charge in [-0.2, -0.15) is 18.3 Å². The summed E-state index contributed by atoms with van der Waals surface area (Å²) in [5.74, 6) is -0.574. The number of fused-ring (bicyclic) bond motifs is 3. The van der Waals surface area contributed by atoms with Crippen LogP contribution in [0.5, 0.6) is 0 Å². The number of nitrogens with zero attached hydrogens (tertiary/aromatic N) is 5. The van der Waals surface area contributed by atoms with Gasteiger partial charge in [0.05, 0.1) is 44.6 Å². The van der Waals surface area contributed by atoms with Crippen LogP contribution in [0.1, 0.15) is 21.8 Å². The van der Waals surface area contributed by atoms with Crippen LogP contribution < -0.4 is 5.73 Å². The summed E-state index contributed by atoms with van der Waals surface area (Å²) in [5.41, 5.74) is 5.88. The Labute approximate surface area is 199 Å². The Bertz CT molecular complexity index is 1480. The molecule has 0 saturated carbocycles. The molecule has 3 aromatic heterocycles. The lowest BCUT2D eigenvalue weighted by Gasteiger charge is -2.17. The number of benzene rings is 1. The number of primary amides is 1. The van der Waals surface area contributed by atoms with Crippen molar-refractivity contribution in [3.05, 3.63) is 74.7 Å². The first-order valence-corrected chi connectivity index (χ1v) is 11.1. The summed E-state index contributed by atoms with van der Waals surface area (Å²) in [7, 11) is 0. The van der Waals surface area contributed by atoms with Crippen molar-refractivity contribution < 1.29 is 22.9 Å². The van der Waals surface area contributed by atoms with Crippen LogP contribution in [0.3, 0.4) is 0 Å². The van der Waals surface area contributed by atoms with E-state index in [0.717, 1.165) is 16.8 Å². The molecule has 0 atom stereocenters. The molecule has 1 amide bonds. The lowest BCUT2D eigenvalue weighted by Crippen LogP contribution is -2.14. The molecule has 13 heteroatoms. The molecule has 1 aliphatic carbocycles. The summed E-state index contributed by atoms with van der Waals surface area (Å²) in [6, 6.07) is 6.00. The van der Waals surface area contributed by atoms with Gasteiger partial charge < -0.3 is 5.73 Å². The molecule has 3 heterocycles. The van der Waals surface area contributed by atoms with Crippen LogP contribution in [0.2, 0.25) is 0 Å². The summed E-state index contributed by atoms with van der Waals surface area (Å²) < 4.78 is 43.3.